The highest BCUT2D eigenvalue weighted by atomic mass is 15.2. The van der Waals surface area contributed by atoms with Crippen molar-refractivity contribution < 1.29 is 0 Å². The number of rotatable bonds is 5. The van der Waals surface area contributed by atoms with Gasteiger partial charge in [0.05, 0.1) is 24.7 Å². The quantitative estimate of drug-likeness (QED) is 0.497. The average molecular weight is 205 g/mol. The number of likely N-dealkylation sites (tertiary alicyclic amines) is 1. The summed E-state index contributed by atoms with van der Waals surface area (Å²) < 4.78 is 0. The highest BCUT2D eigenvalue weighted by Crippen LogP contribution is 2.50. The molecule has 0 aromatic carbocycles. The Balaban J connectivity index is 1.70. The van der Waals surface area contributed by atoms with E-state index in [9.17, 15) is 0 Å². The third-order valence-electron chi connectivity index (χ3n) is 3.42. The molecule has 5 nitrogen and oxygen atoms in total. The maximum Gasteiger partial charge on any atom is 0.0869 e. The normalized spacial score (nSPS) is 32.9. The molecule has 0 spiro atoms. The van der Waals surface area contributed by atoms with Gasteiger partial charge in [0, 0.05) is 26.2 Å². The van der Waals surface area contributed by atoms with Crippen LogP contribution in [0.25, 0.3) is 0 Å². The number of hydrogen-bond acceptors (Lipinski definition) is 4. The number of nitriles is 1. The zero-order valence-corrected chi connectivity index (χ0v) is 8.56. The molecule has 15 heavy (non-hydrogen) atoms. The number of nitrogens with zero attached hydrogens (tertiary/aromatic N) is 3. The van der Waals surface area contributed by atoms with Gasteiger partial charge in [0.15, 0.2) is 0 Å². The fourth-order valence-electron chi connectivity index (χ4n) is 2.41. The zero-order valence-electron chi connectivity index (χ0n) is 8.56. The van der Waals surface area contributed by atoms with Crippen molar-refractivity contribution in [1.82, 2.24) is 9.80 Å². The van der Waals surface area contributed by atoms with Crippen LogP contribution in [0, 0.1) is 39.9 Å². The predicted octanol–water partition coefficient (Wildman–Crippen LogP) is 0.204. The molecule has 0 aromatic rings. The maximum absolute atomic E-state index is 8.76. The molecule has 1 saturated heterocycles. The molecule has 5 heteroatoms. The van der Waals surface area contributed by atoms with E-state index in [-0.39, 0.29) is 0 Å². The first kappa shape index (κ1) is 10.1. The number of hydrogen-bond donors (Lipinski definition) is 2. The lowest BCUT2D eigenvalue weighted by atomic mass is 10.3. The molecule has 0 amide bonds. The standard InChI is InChI=1S/C10H15N5/c11-3-8-9-4-14(5-10(8)9)1-2-15(6-12)7-13/h6-10,12-13H,1-2,4-5H2/t8?,9-,10+. The number of fused-ring (bicyclic) bond motifs is 1. The van der Waals surface area contributed by atoms with Crippen molar-refractivity contribution in [2.24, 2.45) is 17.8 Å². The molecule has 1 saturated carbocycles. The second-order valence-corrected chi connectivity index (χ2v) is 4.24. The topological polar surface area (TPSA) is 78.0 Å². The summed E-state index contributed by atoms with van der Waals surface area (Å²) in [5.41, 5.74) is 0. The minimum Gasteiger partial charge on any atom is -0.323 e. The molecule has 0 bridgehead atoms. The largest absolute Gasteiger partial charge is 0.323 e. The highest BCUT2D eigenvalue weighted by Gasteiger charge is 2.55. The first-order valence-corrected chi connectivity index (χ1v) is 5.19. The molecule has 0 aromatic heterocycles. The van der Waals surface area contributed by atoms with Gasteiger partial charge in [-0.2, -0.15) is 5.26 Å². The monoisotopic (exact) mass is 205 g/mol. The molecule has 2 N–H and O–H groups in total. The van der Waals surface area contributed by atoms with E-state index >= 15 is 0 Å². The molecule has 1 heterocycles. The molecule has 3 atom stereocenters. The Morgan fingerprint density at radius 2 is 1.93 bits per heavy atom. The third-order valence-corrected chi connectivity index (χ3v) is 3.42. The van der Waals surface area contributed by atoms with Crippen LogP contribution in [0.4, 0.5) is 0 Å². The molecule has 0 radical (unpaired) electrons. The van der Waals surface area contributed by atoms with Crippen molar-refractivity contribution in [3.63, 3.8) is 0 Å². The van der Waals surface area contributed by atoms with E-state index in [2.05, 4.69) is 11.0 Å². The Hall–Kier alpha value is -1.41. The maximum atomic E-state index is 8.76. The summed E-state index contributed by atoms with van der Waals surface area (Å²) in [5, 5.41) is 22.8. The summed E-state index contributed by atoms with van der Waals surface area (Å²) in [6.07, 6.45) is 2.34. The van der Waals surface area contributed by atoms with Crippen molar-refractivity contribution in [2.75, 3.05) is 26.2 Å². The molecule has 1 unspecified atom stereocenters. The van der Waals surface area contributed by atoms with Gasteiger partial charge in [-0.3, -0.25) is 10.8 Å². The summed E-state index contributed by atoms with van der Waals surface area (Å²) in [7, 11) is 0. The molecule has 2 aliphatic rings. The van der Waals surface area contributed by atoms with E-state index in [1.165, 1.54) is 12.7 Å². The molecule has 80 valence electrons. The van der Waals surface area contributed by atoms with Crippen molar-refractivity contribution in [1.29, 1.82) is 16.1 Å². The second kappa shape index (κ2) is 3.99. The molecule has 1 aliphatic carbocycles. The van der Waals surface area contributed by atoms with Gasteiger partial charge in [-0.15, -0.1) is 0 Å². The Kier molecular flexibility index (Phi) is 2.69. The second-order valence-electron chi connectivity index (χ2n) is 4.24. The summed E-state index contributed by atoms with van der Waals surface area (Å²) in [6.45, 7) is 3.62. The average Bonchev–Trinajstić information content (AvgIpc) is 2.74. The lowest BCUT2D eigenvalue weighted by molar-refractivity contribution is 0.285. The van der Waals surface area contributed by atoms with Crippen LogP contribution in [0.5, 0.6) is 0 Å². The van der Waals surface area contributed by atoms with Gasteiger partial charge in [0.1, 0.15) is 0 Å². The first-order valence-electron chi connectivity index (χ1n) is 5.19. The third kappa shape index (κ3) is 1.85. The van der Waals surface area contributed by atoms with E-state index in [1.54, 1.807) is 4.90 Å². The Morgan fingerprint density at radius 3 is 2.40 bits per heavy atom. The van der Waals surface area contributed by atoms with Crippen LogP contribution in [0.2, 0.25) is 0 Å². The highest BCUT2D eigenvalue weighted by molar-refractivity contribution is 5.71. The van der Waals surface area contributed by atoms with Gasteiger partial charge in [0.2, 0.25) is 0 Å². The van der Waals surface area contributed by atoms with Crippen molar-refractivity contribution >= 4 is 12.7 Å². The summed E-state index contributed by atoms with van der Waals surface area (Å²) >= 11 is 0. The van der Waals surface area contributed by atoms with Gasteiger partial charge in [-0.25, -0.2) is 0 Å². The summed E-state index contributed by atoms with van der Waals surface area (Å²) in [5.74, 6) is 1.51. The summed E-state index contributed by atoms with van der Waals surface area (Å²) in [6, 6.07) is 2.34. The van der Waals surface area contributed by atoms with E-state index < -0.39 is 0 Å². The molecule has 1 aliphatic heterocycles. The van der Waals surface area contributed by atoms with Crippen molar-refractivity contribution in [2.45, 2.75) is 0 Å². The molecular weight excluding hydrogens is 190 g/mol. The van der Waals surface area contributed by atoms with Crippen LogP contribution in [0.15, 0.2) is 0 Å². The van der Waals surface area contributed by atoms with Gasteiger partial charge in [0.25, 0.3) is 0 Å². The molecule has 2 fully saturated rings. The Morgan fingerprint density at radius 1 is 1.33 bits per heavy atom. The SMILES string of the molecule is N#CC1[C@H]2CN(CCN(C=N)C=N)C[C@@H]12. The molecule has 2 rings (SSSR count). The van der Waals surface area contributed by atoms with E-state index in [1.807, 2.05) is 0 Å². The van der Waals surface area contributed by atoms with Crippen LogP contribution in [-0.2, 0) is 0 Å². The van der Waals surface area contributed by atoms with Crippen LogP contribution in [0.3, 0.4) is 0 Å². The first-order chi connectivity index (χ1) is 7.30. The summed E-state index contributed by atoms with van der Waals surface area (Å²) in [4.78, 5) is 3.87. The van der Waals surface area contributed by atoms with Gasteiger partial charge in [-0.1, -0.05) is 0 Å². The van der Waals surface area contributed by atoms with Crippen LogP contribution in [0.1, 0.15) is 0 Å². The van der Waals surface area contributed by atoms with Gasteiger partial charge < -0.3 is 9.80 Å². The van der Waals surface area contributed by atoms with Crippen LogP contribution >= 0.6 is 0 Å². The zero-order chi connectivity index (χ0) is 10.8. The van der Waals surface area contributed by atoms with Gasteiger partial charge >= 0.3 is 0 Å². The minimum atomic E-state index is 0.308. The van der Waals surface area contributed by atoms with Crippen molar-refractivity contribution in [3.05, 3.63) is 0 Å². The lowest BCUT2D eigenvalue weighted by Gasteiger charge is -2.20. The Labute approximate surface area is 89.3 Å². The fourth-order valence-corrected chi connectivity index (χ4v) is 2.41. The van der Waals surface area contributed by atoms with Crippen LogP contribution < -0.4 is 0 Å². The molecular formula is C10H15N5. The Bertz CT molecular complexity index is 287. The van der Waals surface area contributed by atoms with E-state index in [0.29, 0.717) is 24.3 Å². The van der Waals surface area contributed by atoms with Gasteiger partial charge in [-0.05, 0) is 11.8 Å². The van der Waals surface area contributed by atoms with Crippen LogP contribution in [-0.4, -0.2) is 48.7 Å². The lowest BCUT2D eigenvalue weighted by Crippen LogP contribution is -2.34. The van der Waals surface area contributed by atoms with Crippen molar-refractivity contribution in [3.8, 4) is 6.07 Å². The van der Waals surface area contributed by atoms with E-state index in [0.717, 1.165) is 19.6 Å². The minimum absolute atomic E-state index is 0.308. The predicted molar refractivity (Wildman–Crippen MR) is 56.8 cm³/mol. The fraction of sp³-hybridized carbons (Fsp3) is 0.700. The number of nitrogens with one attached hydrogen (secondary N) is 2. The number of piperidine rings is 1. The van der Waals surface area contributed by atoms with E-state index in [4.69, 9.17) is 16.1 Å². The smallest absolute Gasteiger partial charge is 0.0869 e.